The molecule has 364 valence electrons. The van der Waals surface area contributed by atoms with Gasteiger partial charge >= 0.3 is 17.9 Å². The third kappa shape index (κ3) is 10.6. The highest BCUT2D eigenvalue weighted by molar-refractivity contribution is 8.00. The van der Waals surface area contributed by atoms with Crippen molar-refractivity contribution in [2.75, 3.05) is 26.0 Å². The first kappa shape index (κ1) is 49.4. The van der Waals surface area contributed by atoms with E-state index in [0.29, 0.717) is 18.6 Å². The molecule has 2 aromatic rings. The summed E-state index contributed by atoms with van der Waals surface area (Å²) in [5.41, 5.74) is 5.05. The Morgan fingerprint density at radius 2 is 1.66 bits per heavy atom. The number of thioether (sulfide) groups is 1. The van der Waals surface area contributed by atoms with E-state index in [-0.39, 0.29) is 54.5 Å². The number of hydrogen-bond donors (Lipinski definition) is 8. The number of amides is 2. The van der Waals surface area contributed by atoms with Crippen LogP contribution in [-0.4, -0.2) is 106 Å². The Bertz CT molecular complexity index is 2340. The van der Waals surface area contributed by atoms with Crippen LogP contribution in [0.4, 0.5) is 0 Å². The molecular formula is C52H66N6O9S. The van der Waals surface area contributed by atoms with Crippen molar-refractivity contribution in [2.24, 2.45) is 22.7 Å². The molecule has 0 radical (unpaired) electrons. The summed E-state index contributed by atoms with van der Waals surface area (Å²) < 4.78 is 6.95. The number of hydrogen-bond acceptors (Lipinski definition) is 12. The molecule has 2 fully saturated rings. The number of ether oxygens (including phenoxy) is 1. The van der Waals surface area contributed by atoms with Gasteiger partial charge in [0, 0.05) is 49.3 Å². The summed E-state index contributed by atoms with van der Waals surface area (Å²) in [6.07, 6.45) is 14.2. The van der Waals surface area contributed by atoms with Crippen LogP contribution in [0.15, 0.2) is 71.3 Å². The van der Waals surface area contributed by atoms with E-state index in [1.807, 2.05) is 24.5 Å². The zero-order valence-corrected chi connectivity index (χ0v) is 39.8. The van der Waals surface area contributed by atoms with Crippen molar-refractivity contribution in [1.29, 1.82) is 0 Å². The number of carbonyl (C=O) groups excluding carboxylic acids is 3. The zero-order chi connectivity index (χ0) is 47.8. The third-order valence-electron chi connectivity index (χ3n) is 15.3. The average Bonchev–Trinajstić information content (AvgIpc) is 3.92. The molecule has 8 atom stereocenters. The van der Waals surface area contributed by atoms with E-state index in [1.54, 1.807) is 7.05 Å². The number of esters is 1. The Balaban J connectivity index is 1.26. The Morgan fingerprint density at radius 3 is 2.40 bits per heavy atom. The second kappa shape index (κ2) is 22.1. The molecule has 6 aliphatic rings. The number of carbonyl (C=O) groups is 5. The maximum absolute atomic E-state index is 15.7. The number of carboxylic acids is 2. The van der Waals surface area contributed by atoms with E-state index in [4.69, 9.17) is 4.74 Å². The number of fused-ring (bicyclic) bond motifs is 3. The average molecular weight is 951 g/mol. The second-order valence-electron chi connectivity index (χ2n) is 19.6. The number of allylic oxidation sites excluding steroid dienone is 1. The molecule has 8 N–H and O–H groups in total. The van der Waals surface area contributed by atoms with Crippen LogP contribution in [-0.2, 0) is 48.0 Å². The van der Waals surface area contributed by atoms with Gasteiger partial charge in [0.1, 0.15) is 17.8 Å². The van der Waals surface area contributed by atoms with Crippen LogP contribution in [0.25, 0.3) is 0 Å². The molecule has 2 aliphatic heterocycles. The highest BCUT2D eigenvalue weighted by atomic mass is 32.2. The Kier molecular flexibility index (Phi) is 16.1. The van der Waals surface area contributed by atoms with Crippen LogP contribution in [0.5, 0.6) is 0 Å². The summed E-state index contributed by atoms with van der Waals surface area (Å²) in [5.74, 6) is 3.33. The number of aliphatic hydroxyl groups is 1. The quantitative estimate of drug-likeness (QED) is 0.0501. The zero-order valence-electron chi connectivity index (χ0n) is 38.9. The van der Waals surface area contributed by atoms with Crippen molar-refractivity contribution < 1.29 is 44.0 Å². The van der Waals surface area contributed by atoms with Crippen molar-refractivity contribution in [1.82, 2.24) is 31.6 Å². The molecule has 1 saturated carbocycles. The molecule has 8 unspecified atom stereocenters. The molecule has 1 aromatic heterocycles. The van der Waals surface area contributed by atoms with E-state index in [0.717, 1.165) is 112 Å². The van der Waals surface area contributed by atoms with Crippen LogP contribution < -0.4 is 26.6 Å². The lowest BCUT2D eigenvalue weighted by Crippen LogP contribution is -2.53. The van der Waals surface area contributed by atoms with Gasteiger partial charge in [-0.25, -0.2) is 9.59 Å². The monoisotopic (exact) mass is 950 g/mol. The number of aliphatic hydroxyl groups excluding tert-OH is 1. The summed E-state index contributed by atoms with van der Waals surface area (Å²) in [6.45, 7) is 1.00. The smallest absolute Gasteiger partial charge is 0.353 e. The number of rotatable bonds is 16. The summed E-state index contributed by atoms with van der Waals surface area (Å²) in [5, 5.41) is 43.6. The van der Waals surface area contributed by atoms with Crippen LogP contribution in [0, 0.1) is 34.5 Å². The number of carboxylic acid groups (broad SMARTS) is 2. The third-order valence-corrected chi connectivity index (χ3v) is 16.9. The van der Waals surface area contributed by atoms with Crippen LogP contribution in [0.1, 0.15) is 107 Å². The van der Waals surface area contributed by atoms with E-state index in [2.05, 4.69) is 67.7 Å². The SMILES string of the molecule is CNCNC(CCC(=O)NC(CSC1C2=C3C(CCCCCC14CCCC4)CC(Cc1ccncc1)=C1C4NCCCC4Cc4ccccc4CC#CC31C(=O)O2)C(=O)NC(O)C(=O)O)C(=O)O. The number of pyridine rings is 1. The van der Waals surface area contributed by atoms with Crippen LogP contribution >= 0.6 is 11.8 Å². The van der Waals surface area contributed by atoms with Crippen molar-refractivity contribution in [3.63, 3.8) is 0 Å². The highest BCUT2D eigenvalue weighted by Crippen LogP contribution is 2.62. The first-order valence-corrected chi connectivity index (χ1v) is 25.6. The molecule has 15 nitrogen and oxygen atoms in total. The van der Waals surface area contributed by atoms with Gasteiger partial charge in [-0.2, -0.15) is 0 Å². The van der Waals surface area contributed by atoms with Gasteiger partial charge in [-0.05, 0) is 129 Å². The summed E-state index contributed by atoms with van der Waals surface area (Å²) in [4.78, 5) is 71.3. The molecule has 1 saturated heterocycles. The number of nitrogens with one attached hydrogen (secondary N) is 5. The number of aliphatic carboxylic acids is 2. The predicted octanol–water partition coefficient (Wildman–Crippen LogP) is 4.54. The topological polar surface area (TPSA) is 228 Å². The second-order valence-corrected chi connectivity index (χ2v) is 20.7. The van der Waals surface area contributed by atoms with Gasteiger partial charge in [0.15, 0.2) is 5.41 Å². The number of benzene rings is 1. The molecule has 2 amide bonds. The van der Waals surface area contributed by atoms with Crippen molar-refractivity contribution in [2.45, 2.75) is 139 Å². The predicted molar refractivity (Wildman–Crippen MR) is 256 cm³/mol. The lowest BCUT2D eigenvalue weighted by atomic mass is 9.57. The largest absolute Gasteiger partial charge is 0.480 e. The maximum Gasteiger partial charge on any atom is 0.353 e. The van der Waals surface area contributed by atoms with Gasteiger partial charge < -0.3 is 41.3 Å². The molecule has 16 heteroatoms. The normalized spacial score (nSPS) is 26.6. The standard InChI is InChI=1S/C52H66N6O9S/c1-53-31-56-38(48(62)63)16-17-40(59)57-39(46(60)58-47(61)49(64)65)30-68-45-44-42-35(13-3-2-6-20-51(45)21-7-8-22-51)29-37(27-32-18-25-54-26-19-32)41-43-36(15-10-24-55-43)28-34-12-5-4-11-33(34)14-9-23-52(41,42)50(66)67-44/h4-5,11-12,18-19,25-26,35-36,38-39,43,45,47,53,55-56,61H,2-3,6-8,10,13-17,20-22,24,27-31H2,1H3,(H,57,59)(H,58,60)(H,62,63)(H,64,65). The Hall–Kier alpha value is -5.05. The van der Waals surface area contributed by atoms with E-state index >= 15 is 4.79 Å². The summed E-state index contributed by atoms with van der Waals surface area (Å²) in [7, 11) is 1.66. The minimum absolute atomic E-state index is 0.0482. The van der Waals surface area contributed by atoms with E-state index in [1.165, 1.54) is 22.9 Å². The first-order chi connectivity index (χ1) is 32.9. The Morgan fingerprint density at radius 1 is 0.912 bits per heavy atom. The van der Waals surface area contributed by atoms with Crippen LogP contribution in [0.2, 0.25) is 0 Å². The van der Waals surface area contributed by atoms with Crippen molar-refractivity contribution in [3.05, 3.63) is 88.0 Å². The van der Waals surface area contributed by atoms with Gasteiger partial charge in [0.25, 0.3) is 0 Å². The molecule has 4 aliphatic carbocycles. The molecule has 1 aromatic carbocycles. The highest BCUT2D eigenvalue weighted by Gasteiger charge is 2.62. The molecule has 68 heavy (non-hydrogen) atoms. The van der Waals surface area contributed by atoms with Crippen molar-refractivity contribution >= 4 is 41.5 Å². The maximum atomic E-state index is 15.7. The fourth-order valence-electron chi connectivity index (χ4n) is 12.1. The minimum Gasteiger partial charge on any atom is -0.480 e. The summed E-state index contributed by atoms with van der Waals surface area (Å²) >= 11 is 1.43. The van der Waals surface area contributed by atoms with Crippen LogP contribution in [0.3, 0.4) is 0 Å². The number of aromatic nitrogens is 1. The fourth-order valence-corrected chi connectivity index (χ4v) is 13.8. The molecule has 3 heterocycles. The Labute approximate surface area is 402 Å². The van der Waals surface area contributed by atoms with E-state index < -0.39 is 52.7 Å². The molecular weight excluding hydrogens is 885 g/mol. The molecule has 2 spiro atoms. The molecule has 0 bridgehead atoms. The number of nitrogens with zero attached hydrogens (tertiary/aromatic N) is 1. The first-order valence-electron chi connectivity index (χ1n) is 24.6. The summed E-state index contributed by atoms with van der Waals surface area (Å²) in [6, 6.07) is 10.1. The van der Waals surface area contributed by atoms with E-state index in [9.17, 15) is 34.5 Å². The lowest BCUT2D eigenvalue weighted by molar-refractivity contribution is -0.151. The van der Waals surface area contributed by atoms with Gasteiger partial charge in [-0.15, -0.1) is 11.8 Å². The van der Waals surface area contributed by atoms with Crippen molar-refractivity contribution in [3.8, 4) is 11.8 Å². The number of piperidine rings is 1. The van der Waals surface area contributed by atoms with Gasteiger partial charge in [0.2, 0.25) is 18.0 Å². The minimum atomic E-state index is -2.23. The lowest BCUT2D eigenvalue weighted by Gasteiger charge is -2.46. The van der Waals surface area contributed by atoms with Gasteiger partial charge in [0.05, 0.1) is 5.25 Å². The van der Waals surface area contributed by atoms with Gasteiger partial charge in [-0.1, -0.05) is 73.8 Å². The fraction of sp³-hybridized carbons (Fsp3) is 0.577. The molecule has 8 rings (SSSR count). The van der Waals surface area contributed by atoms with Gasteiger partial charge in [-0.3, -0.25) is 24.7 Å².